The molecule has 2 amide bonds. The van der Waals surface area contributed by atoms with Gasteiger partial charge in [0, 0.05) is 32.3 Å². The first-order valence-corrected chi connectivity index (χ1v) is 13.6. The molecule has 1 fully saturated rings. The van der Waals surface area contributed by atoms with Crippen LogP contribution in [-0.4, -0.2) is 81.0 Å². The molecule has 5 rings (SSSR count). The first-order chi connectivity index (χ1) is 20.0. The summed E-state index contributed by atoms with van der Waals surface area (Å²) in [4.78, 5) is 33.8. The standard InChI is InChI=1S/C32H34N4O5/c1-41-21-27(30(37)25-15-9-4-10-16-25)36-22-33-28(29(36)24-13-7-3-8-14-24)31(38)35-18-17-34(32(39)40)20-26(35)19-23-11-5-2-6-12-23/h2-16,22,26-27,30,37H,17-21H2,1H3,(H,39,40)/t26-,27+,30+/m1/s1. The molecular weight excluding hydrogens is 520 g/mol. The molecule has 0 spiro atoms. The van der Waals surface area contributed by atoms with Gasteiger partial charge in [0.05, 0.1) is 30.7 Å². The Bertz CT molecular complexity index is 1440. The highest BCUT2D eigenvalue weighted by molar-refractivity contribution is 5.98. The van der Waals surface area contributed by atoms with Gasteiger partial charge in [-0.3, -0.25) is 4.79 Å². The molecule has 1 aromatic heterocycles. The van der Waals surface area contributed by atoms with Crippen LogP contribution in [0, 0.1) is 0 Å². The minimum Gasteiger partial charge on any atom is -0.465 e. The Balaban J connectivity index is 1.55. The van der Waals surface area contributed by atoms with Gasteiger partial charge in [-0.2, -0.15) is 0 Å². The molecule has 0 bridgehead atoms. The molecule has 1 aliphatic heterocycles. The zero-order valence-electron chi connectivity index (χ0n) is 22.9. The molecule has 3 atom stereocenters. The first-order valence-electron chi connectivity index (χ1n) is 13.6. The van der Waals surface area contributed by atoms with Crippen molar-refractivity contribution in [2.75, 3.05) is 33.4 Å². The number of aromatic nitrogens is 2. The van der Waals surface area contributed by atoms with E-state index in [-0.39, 0.29) is 43.9 Å². The van der Waals surface area contributed by atoms with Crippen LogP contribution in [0.4, 0.5) is 4.79 Å². The molecule has 3 aromatic carbocycles. The summed E-state index contributed by atoms with van der Waals surface area (Å²) < 4.78 is 7.35. The molecule has 0 aliphatic carbocycles. The maximum absolute atomic E-state index is 14.3. The monoisotopic (exact) mass is 554 g/mol. The zero-order valence-corrected chi connectivity index (χ0v) is 22.9. The summed E-state index contributed by atoms with van der Waals surface area (Å²) in [5.41, 5.74) is 3.34. The average Bonchev–Trinajstić information content (AvgIpc) is 3.45. The van der Waals surface area contributed by atoms with Crippen LogP contribution in [0.2, 0.25) is 0 Å². The third-order valence-corrected chi connectivity index (χ3v) is 7.57. The Morgan fingerprint density at radius 1 is 0.951 bits per heavy atom. The lowest BCUT2D eigenvalue weighted by atomic mass is 10.00. The van der Waals surface area contributed by atoms with Gasteiger partial charge in [-0.15, -0.1) is 0 Å². The van der Waals surface area contributed by atoms with E-state index in [0.29, 0.717) is 12.1 Å². The van der Waals surface area contributed by atoms with E-state index in [4.69, 9.17) is 4.74 Å². The Morgan fingerprint density at radius 3 is 2.22 bits per heavy atom. The smallest absolute Gasteiger partial charge is 0.407 e. The summed E-state index contributed by atoms with van der Waals surface area (Å²) in [6, 6.07) is 27.7. The van der Waals surface area contributed by atoms with Gasteiger partial charge in [-0.25, -0.2) is 9.78 Å². The van der Waals surface area contributed by atoms with Crippen LogP contribution in [-0.2, 0) is 11.2 Å². The van der Waals surface area contributed by atoms with Gasteiger partial charge >= 0.3 is 6.09 Å². The number of aliphatic hydroxyl groups is 1. The van der Waals surface area contributed by atoms with E-state index in [1.165, 1.54) is 4.90 Å². The summed E-state index contributed by atoms with van der Waals surface area (Å²) in [6.45, 7) is 0.856. The highest BCUT2D eigenvalue weighted by Crippen LogP contribution is 2.34. The minimum atomic E-state index is -0.998. The van der Waals surface area contributed by atoms with Crippen molar-refractivity contribution < 1.29 is 24.5 Å². The van der Waals surface area contributed by atoms with Gasteiger partial charge in [0.2, 0.25) is 0 Å². The number of nitrogens with zero attached hydrogens (tertiary/aromatic N) is 4. The molecule has 1 aliphatic rings. The van der Waals surface area contributed by atoms with Crippen molar-refractivity contribution >= 4 is 12.0 Å². The molecule has 2 heterocycles. The number of methoxy groups -OCH3 is 1. The van der Waals surface area contributed by atoms with Crippen molar-refractivity contribution in [1.82, 2.24) is 19.4 Å². The molecule has 212 valence electrons. The van der Waals surface area contributed by atoms with E-state index < -0.39 is 18.2 Å². The van der Waals surface area contributed by atoms with Crippen molar-refractivity contribution in [2.24, 2.45) is 0 Å². The van der Waals surface area contributed by atoms with E-state index >= 15 is 0 Å². The third kappa shape index (κ3) is 6.16. The fraction of sp³-hybridized carbons (Fsp3) is 0.281. The van der Waals surface area contributed by atoms with Crippen molar-refractivity contribution in [1.29, 1.82) is 0 Å². The predicted molar refractivity (Wildman–Crippen MR) is 155 cm³/mol. The molecule has 9 heteroatoms. The second-order valence-corrected chi connectivity index (χ2v) is 10.2. The Morgan fingerprint density at radius 2 is 1.59 bits per heavy atom. The second kappa shape index (κ2) is 12.8. The lowest BCUT2D eigenvalue weighted by molar-refractivity contribution is 0.0444. The summed E-state index contributed by atoms with van der Waals surface area (Å²) >= 11 is 0. The van der Waals surface area contributed by atoms with Gasteiger partial charge in [0.1, 0.15) is 6.10 Å². The Kier molecular flexibility index (Phi) is 8.76. The molecule has 0 saturated carbocycles. The van der Waals surface area contributed by atoms with Gasteiger partial charge in [0.25, 0.3) is 5.91 Å². The number of hydrogen-bond acceptors (Lipinski definition) is 5. The van der Waals surface area contributed by atoms with E-state index in [0.717, 1.165) is 16.7 Å². The van der Waals surface area contributed by atoms with Crippen LogP contribution in [0.15, 0.2) is 97.3 Å². The van der Waals surface area contributed by atoms with Gasteiger partial charge in [-0.05, 0) is 17.5 Å². The zero-order chi connectivity index (χ0) is 28.8. The first kappa shape index (κ1) is 28.1. The van der Waals surface area contributed by atoms with Crippen LogP contribution >= 0.6 is 0 Å². The Hall–Kier alpha value is -4.47. The van der Waals surface area contributed by atoms with Gasteiger partial charge < -0.3 is 29.3 Å². The highest BCUT2D eigenvalue weighted by Gasteiger charge is 2.36. The quantitative estimate of drug-likeness (QED) is 0.315. The molecule has 0 unspecified atom stereocenters. The third-order valence-electron chi connectivity index (χ3n) is 7.57. The van der Waals surface area contributed by atoms with Crippen LogP contribution in [0.3, 0.4) is 0 Å². The fourth-order valence-electron chi connectivity index (χ4n) is 5.51. The summed E-state index contributed by atoms with van der Waals surface area (Å²) in [5, 5.41) is 21.1. The molecule has 1 saturated heterocycles. The lowest BCUT2D eigenvalue weighted by Gasteiger charge is -2.40. The van der Waals surface area contributed by atoms with Crippen LogP contribution in [0.5, 0.6) is 0 Å². The van der Waals surface area contributed by atoms with Gasteiger partial charge in [-0.1, -0.05) is 91.0 Å². The van der Waals surface area contributed by atoms with Crippen LogP contribution < -0.4 is 0 Å². The van der Waals surface area contributed by atoms with Crippen LogP contribution in [0.25, 0.3) is 11.3 Å². The summed E-state index contributed by atoms with van der Waals surface area (Å²) in [7, 11) is 1.58. The largest absolute Gasteiger partial charge is 0.465 e. The number of benzene rings is 3. The lowest BCUT2D eigenvalue weighted by Crippen LogP contribution is -2.57. The fourth-order valence-corrected chi connectivity index (χ4v) is 5.51. The van der Waals surface area contributed by atoms with E-state index in [9.17, 15) is 19.8 Å². The molecule has 0 radical (unpaired) electrons. The van der Waals surface area contributed by atoms with Crippen LogP contribution in [0.1, 0.15) is 33.8 Å². The number of hydrogen-bond donors (Lipinski definition) is 2. The molecule has 2 N–H and O–H groups in total. The van der Waals surface area contributed by atoms with Crippen molar-refractivity contribution in [3.8, 4) is 11.3 Å². The van der Waals surface area contributed by atoms with Crippen molar-refractivity contribution in [3.63, 3.8) is 0 Å². The number of imidazole rings is 1. The van der Waals surface area contributed by atoms with E-state index in [2.05, 4.69) is 4.98 Å². The highest BCUT2D eigenvalue weighted by atomic mass is 16.5. The number of carbonyl (C=O) groups excluding carboxylic acids is 1. The number of carboxylic acid groups (broad SMARTS) is 1. The molecule has 4 aromatic rings. The number of aliphatic hydroxyl groups excluding tert-OH is 1. The average molecular weight is 555 g/mol. The van der Waals surface area contributed by atoms with E-state index in [1.807, 2.05) is 95.6 Å². The Labute approximate surface area is 239 Å². The molecule has 9 nitrogen and oxygen atoms in total. The SMILES string of the molecule is COC[C@@H]([C@@H](O)c1ccccc1)n1cnc(C(=O)N2CCN(C(=O)O)C[C@H]2Cc2ccccc2)c1-c1ccccc1. The maximum Gasteiger partial charge on any atom is 0.407 e. The summed E-state index contributed by atoms with van der Waals surface area (Å²) in [6.07, 6.45) is 0.185. The molecular formula is C32H34N4O5. The number of rotatable bonds is 9. The topological polar surface area (TPSA) is 108 Å². The summed E-state index contributed by atoms with van der Waals surface area (Å²) in [5.74, 6) is -0.279. The van der Waals surface area contributed by atoms with Crippen molar-refractivity contribution in [3.05, 3.63) is 114 Å². The number of amides is 2. The number of piperazine rings is 1. The molecule has 41 heavy (non-hydrogen) atoms. The second-order valence-electron chi connectivity index (χ2n) is 10.2. The number of carbonyl (C=O) groups is 2. The minimum absolute atomic E-state index is 0.188. The van der Waals surface area contributed by atoms with Gasteiger partial charge in [0.15, 0.2) is 5.69 Å². The predicted octanol–water partition coefficient (Wildman–Crippen LogP) is 4.52. The maximum atomic E-state index is 14.3. The normalized spacial score (nSPS) is 16.8. The number of ether oxygens (including phenoxy) is 1. The van der Waals surface area contributed by atoms with E-state index in [1.54, 1.807) is 18.3 Å². The van der Waals surface area contributed by atoms with Crippen molar-refractivity contribution in [2.45, 2.75) is 24.6 Å².